The van der Waals surface area contributed by atoms with E-state index in [1.807, 2.05) is 42.6 Å². The molecule has 5 rings (SSSR count). The van der Waals surface area contributed by atoms with Gasteiger partial charge in [-0.05, 0) is 41.3 Å². The molecule has 33 heavy (non-hydrogen) atoms. The molecule has 0 saturated carbocycles. The van der Waals surface area contributed by atoms with Crippen molar-refractivity contribution in [3.05, 3.63) is 107 Å². The van der Waals surface area contributed by atoms with Gasteiger partial charge in [0.2, 0.25) is 0 Å². The zero-order chi connectivity index (χ0) is 22.8. The number of aromatic amines is 1. The molecular weight excluding hydrogens is 410 g/mol. The number of H-pyrrole nitrogens is 1. The number of carboxylic acid groups (broad SMARTS) is 1. The summed E-state index contributed by atoms with van der Waals surface area (Å²) in [7, 11) is 0. The van der Waals surface area contributed by atoms with E-state index in [1.165, 1.54) is 11.1 Å². The van der Waals surface area contributed by atoms with Gasteiger partial charge in [0.1, 0.15) is 6.04 Å². The van der Waals surface area contributed by atoms with Crippen LogP contribution in [0.25, 0.3) is 21.8 Å². The number of nitrogens with one attached hydrogen (secondary N) is 2. The first-order valence-electron chi connectivity index (χ1n) is 11.2. The molecule has 3 N–H and O–H groups in total. The minimum Gasteiger partial charge on any atom is -0.480 e. The molecule has 0 amide bonds. The monoisotopic (exact) mass is 437 g/mol. The summed E-state index contributed by atoms with van der Waals surface area (Å²) in [4.78, 5) is 15.3. The summed E-state index contributed by atoms with van der Waals surface area (Å²) < 4.78 is 2.25. The molecule has 0 bridgehead atoms. The van der Waals surface area contributed by atoms with Crippen molar-refractivity contribution in [1.29, 1.82) is 0 Å². The Balaban J connectivity index is 1.39. The van der Waals surface area contributed by atoms with Crippen LogP contribution in [0.2, 0.25) is 0 Å². The van der Waals surface area contributed by atoms with Crippen LogP contribution in [0.4, 0.5) is 0 Å². The molecule has 0 aliphatic carbocycles. The number of hydrogen-bond acceptors (Lipinski definition) is 2. The Morgan fingerprint density at radius 2 is 1.67 bits per heavy atom. The van der Waals surface area contributed by atoms with Gasteiger partial charge in [0, 0.05) is 53.7 Å². The summed E-state index contributed by atoms with van der Waals surface area (Å²) in [6, 6.07) is 24.0. The number of rotatable bonds is 8. The lowest BCUT2D eigenvalue weighted by atomic mass is 10.0. The molecular formula is C28H27N3O2. The van der Waals surface area contributed by atoms with E-state index in [0.717, 1.165) is 39.5 Å². The van der Waals surface area contributed by atoms with Crippen molar-refractivity contribution in [2.24, 2.45) is 0 Å². The van der Waals surface area contributed by atoms with Gasteiger partial charge in [-0.3, -0.25) is 10.1 Å². The number of aliphatic carboxylic acids is 1. The van der Waals surface area contributed by atoms with Crippen LogP contribution < -0.4 is 5.32 Å². The molecule has 0 saturated heterocycles. The minimum atomic E-state index is -0.844. The van der Waals surface area contributed by atoms with Crippen molar-refractivity contribution in [2.75, 3.05) is 0 Å². The van der Waals surface area contributed by atoms with E-state index in [0.29, 0.717) is 13.0 Å². The van der Waals surface area contributed by atoms with Gasteiger partial charge in [-0.25, -0.2) is 0 Å². The summed E-state index contributed by atoms with van der Waals surface area (Å²) in [6.45, 7) is 3.40. The van der Waals surface area contributed by atoms with Gasteiger partial charge in [-0.2, -0.15) is 0 Å². The SMILES string of the molecule is Cc1ccccc1Cn1cc(CN[C@@H](Cc2c[nH]c3ccccc23)C(=O)O)c2ccccc21. The molecule has 5 aromatic rings. The third-order valence-corrected chi connectivity index (χ3v) is 6.41. The molecule has 166 valence electrons. The lowest BCUT2D eigenvalue weighted by molar-refractivity contribution is -0.139. The maximum absolute atomic E-state index is 12.1. The van der Waals surface area contributed by atoms with Crippen LogP contribution in [0.1, 0.15) is 22.3 Å². The van der Waals surface area contributed by atoms with Crippen molar-refractivity contribution in [1.82, 2.24) is 14.9 Å². The van der Waals surface area contributed by atoms with Crippen molar-refractivity contribution in [3.8, 4) is 0 Å². The van der Waals surface area contributed by atoms with Crippen LogP contribution >= 0.6 is 0 Å². The lowest BCUT2D eigenvalue weighted by Crippen LogP contribution is -2.38. The van der Waals surface area contributed by atoms with Crippen molar-refractivity contribution in [2.45, 2.75) is 32.5 Å². The van der Waals surface area contributed by atoms with Gasteiger partial charge in [-0.1, -0.05) is 60.7 Å². The van der Waals surface area contributed by atoms with Crippen LogP contribution in [0.3, 0.4) is 0 Å². The average molecular weight is 438 g/mol. The number of nitrogens with zero attached hydrogens (tertiary/aromatic N) is 1. The Labute approximate surface area is 192 Å². The van der Waals surface area contributed by atoms with E-state index in [9.17, 15) is 9.90 Å². The molecule has 0 radical (unpaired) electrons. The number of carboxylic acids is 1. The van der Waals surface area contributed by atoms with Crippen molar-refractivity contribution in [3.63, 3.8) is 0 Å². The van der Waals surface area contributed by atoms with E-state index < -0.39 is 12.0 Å². The number of hydrogen-bond donors (Lipinski definition) is 3. The van der Waals surface area contributed by atoms with E-state index in [1.54, 1.807) is 0 Å². The highest BCUT2D eigenvalue weighted by Crippen LogP contribution is 2.24. The Morgan fingerprint density at radius 3 is 2.48 bits per heavy atom. The lowest BCUT2D eigenvalue weighted by Gasteiger charge is -2.14. The van der Waals surface area contributed by atoms with Gasteiger partial charge in [0.25, 0.3) is 0 Å². The summed E-state index contributed by atoms with van der Waals surface area (Å²) >= 11 is 0. The minimum absolute atomic E-state index is 0.418. The second-order valence-corrected chi connectivity index (χ2v) is 8.56. The average Bonchev–Trinajstić information content (AvgIpc) is 3.39. The molecule has 0 fully saturated rings. The third kappa shape index (κ3) is 4.28. The fourth-order valence-electron chi connectivity index (χ4n) is 4.57. The number of fused-ring (bicyclic) bond motifs is 2. The Morgan fingerprint density at radius 1 is 0.939 bits per heavy atom. The number of carbonyl (C=O) groups is 1. The Kier molecular flexibility index (Phi) is 5.71. The molecule has 0 unspecified atom stereocenters. The first-order chi connectivity index (χ1) is 16.1. The number of benzene rings is 3. The molecule has 0 aliphatic heterocycles. The second-order valence-electron chi connectivity index (χ2n) is 8.56. The second kappa shape index (κ2) is 8.96. The third-order valence-electron chi connectivity index (χ3n) is 6.41. The largest absolute Gasteiger partial charge is 0.480 e. The number of para-hydroxylation sites is 2. The predicted molar refractivity (Wildman–Crippen MR) is 132 cm³/mol. The Bertz CT molecular complexity index is 1430. The van der Waals surface area contributed by atoms with E-state index in [2.05, 4.69) is 64.4 Å². The summed E-state index contributed by atoms with van der Waals surface area (Å²) in [5.41, 5.74) is 6.83. The van der Waals surface area contributed by atoms with Gasteiger partial charge < -0.3 is 14.7 Å². The van der Waals surface area contributed by atoms with Crippen LogP contribution in [-0.2, 0) is 24.3 Å². The van der Waals surface area contributed by atoms with Crippen LogP contribution in [0.15, 0.2) is 85.2 Å². The molecule has 3 aromatic carbocycles. The predicted octanol–water partition coefficient (Wildman–Crippen LogP) is 5.26. The highest BCUT2D eigenvalue weighted by molar-refractivity contribution is 5.85. The van der Waals surface area contributed by atoms with Gasteiger partial charge >= 0.3 is 5.97 Å². The standard InChI is InChI=1S/C28H27N3O2/c1-19-8-2-3-9-20(19)17-31-18-22(24-11-5-7-13-27(24)31)16-30-26(28(32)33)14-21-15-29-25-12-6-4-10-23(21)25/h2-13,15,18,26,29-30H,14,16-17H2,1H3,(H,32,33)/t26-/m0/s1. The van der Waals surface area contributed by atoms with Crippen LogP contribution in [-0.4, -0.2) is 26.7 Å². The summed E-state index contributed by atoms with van der Waals surface area (Å²) in [5, 5.41) is 15.4. The van der Waals surface area contributed by atoms with Gasteiger partial charge in [-0.15, -0.1) is 0 Å². The first-order valence-corrected chi connectivity index (χ1v) is 11.2. The van der Waals surface area contributed by atoms with E-state index in [-0.39, 0.29) is 0 Å². The fraction of sp³-hybridized carbons (Fsp3) is 0.179. The summed E-state index contributed by atoms with van der Waals surface area (Å²) in [5.74, 6) is -0.844. The van der Waals surface area contributed by atoms with Gasteiger partial charge in [0.15, 0.2) is 0 Å². The topological polar surface area (TPSA) is 70.0 Å². The zero-order valence-electron chi connectivity index (χ0n) is 18.6. The molecule has 0 aliphatic rings. The van der Waals surface area contributed by atoms with E-state index >= 15 is 0 Å². The molecule has 5 heteroatoms. The first kappa shape index (κ1) is 21.0. The van der Waals surface area contributed by atoms with Crippen LogP contribution in [0.5, 0.6) is 0 Å². The molecule has 0 spiro atoms. The molecule has 2 aromatic heterocycles. The summed E-state index contributed by atoms with van der Waals surface area (Å²) in [6.07, 6.45) is 4.48. The van der Waals surface area contributed by atoms with Crippen LogP contribution in [0, 0.1) is 6.92 Å². The zero-order valence-corrected chi connectivity index (χ0v) is 18.6. The van der Waals surface area contributed by atoms with E-state index in [4.69, 9.17) is 0 Å². The van der Waals surface area contributed by atoms with Crippen molar-refractivity contribution < 1.29 is 9.90 Å². The molecule has 2 heterocycles. The fourth-order valence-corrected chi connectivity index (χ4v) is 4.57. The Hall–Kier alpha value is -3.83. The maximum Gasteiger partial charge on any atom is 0.321 e. The maximum atomic E-state index is 12.1. The smallest absolute Gasteiger partial charge is 0.321 e. The molecule has 5 nitrogen and oxygen atoms in total. The highest BCUT2D eigenvalue weighted by atomic mass is 16.4. The normalized spacial score (nSPS) is 12.4. The number of aromatic nitrogens is 2. The highest BCUT2D eigenvalue weighted by Gasteiger charge is 2.20. The molecule has 1 atom stereocenters. The number of aryl methyl sites for hydroxylation is 1. The van der Waals surface area contributed by atoms with Gasteiger partial charge in [0.05, 0.1) is 0 Å². The van der Waals surface area contributed by atoms with Crippen molar-refractivity contribution >= 4 is 27.8 Å². The quantitative estimate of drug-likeness (QED) is 0.310.